The fourth-order valence-electron chi connectivity index (χ4n) is 2.63. The van der Waals surface area contributed by atoms with E-state index in [0.717, 1.165) is 25.2 Å². The van der Waals surface area contributed by atoms with Crippen LogP contribution in [0.15, 0.2) is 12.4 Å². The Hall–Kier alpha value is -1.16. The van der Waals surface area contributed by atoms with E-state index in [2.05, 4.69) is 30.7 Å². The summed E-state index contributed by atoms with van der Waals surface area (Å²) in [7, 11) is 3.97. The van der Waals surface area contributed by atoms with Crippen LogP contribution < -0.4 is 0 Å². The molecule has 0 bridgehead atoms. The van der Waals surface area contributed by atoms with Crippen molar-refractivity contribution in [1.29, 1.82) is 0 Å². The van der Waals surface area contributed by atoms with Gasteiger partial charge < -0.3 is 4.57 Å². The Morgan fingerprint density at radius 3 is 2.39 bits per heavy atom. The summed E-state index contributed by atoms with van der Waals surface area (Å²) in [5.74, 6) is 1.13. The van der Waals surface area contributed by atoms with Gasteiger partial charge in [-0.05, 0) is 33.9 Å². The number of nitrogens with zero attached hydrogens (tertiary/aromatic N) is 3. The van der Waals surface area contributed by atoms with Crippen molar-refractivity contribution in [3.63, 3.8) is 0 Å². The number of hydrogen-bond donors (Lipinski definition) is 0. The smallest absolute Gasteiger partial charge is 0.160 e. The zero-order chi connectivity index (χ0) is 13.8. The molecule has 0 aliphatic carbocycles. The Kier molecular flexibility index (Phi) is 5.08. The van der Waals surface area contributed by atoms with E-state index in [9.17, 15) is 4.79 Å². The Morgan fingerprint density at radius 2 is 1.94 bits per heavy atom. The van der Waals surface area contributed by atoms with Gasteiger partial charge in [0.1, 0.15) is 5.82 Å². The molecule has 0 saturated heterocycles. The van der Waals surface area contributed by atoms with Crippen molar-refractivity contribution in [2.75, 3.05) is 14.1 Å². The van der Waals surface area contributed by atoms with E-state index in [1.807, 2.05) is 24.9 Å². The van der Waals surface area contributed by atoms with Gasteiger partial charge >= 0.3 is 0 Å². The molecular weight excluding hydrogens is 226 g/mol. The fraction of sp³-hybridized carbons (Fsp3) is 0.714. The number of likely N-dealkylation sites (N-methyl/N-ethyl adjacent to an activating group) is 1. The van der Waals surface area contributed by atoms with Crippen molar-refractivity contribution in [1.82, 2.24) is 14.5 Å². The maximum Gasteiger partial charge on any atom is 0.160 e. The van der Waals surface area contributed by atoms with Crippen LogP contribution in [0.4, 0.5) is 0 Å². The van der Waals surface area contributed by atoms with E-state index < -0.39 is 0 Å². The molecule has 0 unspecified atom stereocenters. The van der Waals surface area contributed by atoms with Gasteiger partial charge in [0, 0.05) is 18.9 Å². The third-order valence-corrected chi connectivity index (χ3v) is 4.01. The summed E-state index contributed by atoms with van der Waals surface area (Å²) in [5.41, 5.74) is -0.357. The molecule has 1 aromatic rings. The van der Waals surface area contributed by atoms with Crippen LogP contribution in [0.2, 0.25) is 0 Å². The lowest BCUT2D eigenvalue weighted by Crippen LogP contribution is -2.51. The molecule has 0 spiro atoms. The number of rotatable bonds is 7. The predicted molar refractivity (Wildman–Crippen MR) is 73.6 cm³/mol. The average Bonchev–Trinajstić information content (AvgIpc) is 2.78. The van der Waals surface area contributed by atoms with E-state index in [-0.39, 0.29) is 11.3 Å². The molecule has 0 atom stereocenters. The Labute approximate surface area is 110 Å². The molecule has 0 aromatic carbocycles. The van der Waals surface area contributed by atoms with Crippen LogP contribution >= 0.6 is 0 Å². The zero-order valence-corrected chi connectivity index (χ0v) is 12.2. The first-order chi connectivity index (χ1) is 8.51. The van der Waals surface area contributed by atoms with E-state index >= 15 is 0 Å². The van der Waals surface area contributed by atoms with Crippen LogP contribution in [0.3, 0.4) is 0 Å². The van der Waals surface area contributed by atoms with Gasteiger partial charge in [0.15, 0.2) is 5.78 Å². The second-order valence-electron chi connectivity index (χ2n) is 4.86. The van der Waals surface area contributed by atoms with Crippen LogP contribution in [0.5, 0.6) is 0 Å². The number of ketones is 1. The van der Waals surface area contributed by atoms with Gasteiger partial charge in [0.25, 0.3) is 0 Å². The maximum absolute atomic E-state index is 12.6. The number of carbonyl (C=O) groups excluding carboxylic acids is 1. The SMILES string of the molecule is CCn1ccnc1CC(=O)C(CC)(CC)N(C)C. The third-order valence-electron chi connectivity index (χ3n) is 4.01. The van der Waals surface area contributed by atoms with Crippen LogP contribution in [0.25, 0.3) is 0 Å². The van der Waals surface area contributed by atoms with Gasteiger partial charge in [0.05, 0.1) is 12.0 Å². The first-order valence-electron chi connectivity index (χ1n) is 6.72. The molecule has 0 aliphatic rings. The Balaban J connectivity index is 2.92. The topological polar surface area (TPSA) is 38.1 Å². The van der Waals surface area contributed by atoms with Crippen LogP contribution in [0.1, 0.15) is 39.4 Å². The lowest BCUT2D eigenvalue weighted by atomic mass is 9.85. The summed E-state index contributed by atoms with van der Waals surface area (Å²) in [6.07, 6.45) is 5.78. The summed E-state index contributed by atoms with van der Waals surface area (Å²) in [4.78, 5) is 19.0. The molecule has 1 rings (SSSR count). The molecule has 0 aliphatic heterocycles. The summed E-state index contributed by atoms with van der Waals surface area (Å²) in [6, 6.07) is 0. The first kappa shape index (κ1) is 14.9. The Bertz CT molecular complexity index is 391. The molecule has 0 radical (unpaired) electrons. The van der Waals surface area contributed by atoms with Gasteiger partial charge in [-0.2, -0.15) is 0 Å². The fourth-order valence-corrected chi connectivity index (χ4v) is 2.63. The van der Waals surface area contributed by atoms with Crippen LogP contribution in [-0.4, -0.2) is 39.9 Å². The van der Waals surface area contributed by atoms with Gasteiger partial charge in [-0.3, -0.25) is 9.69 Å². The summed E-state index contributed by atoms with van der Waals surface area (Å²) >= 11 is 0. The minimum atomic E-state index is -0.357. The minimum absolute atomic E-state index is 0.262. The van der Waals surface area contributed by atoms with Crippen LogP contribution in [-0.2, 0) is 17.8 Å². The minimum Gasteiger partial charge on any atom is -0.335 e. The molecular formula is C14H25N3O. The van der Waals surface area contributed by atoms with Crippen molar-refractivity contribution >= 4 is 5.78 Å². The average molecular weight is 251 g/mol. The van der Waals surface area contributed by atoms with E-state index in [1.165, 1.54) is 0 Å². The second-order valence-corrected chi connectivity index (χ2v) is 4.86. The van der Waals surface area contributed by atoms with E-state index in [0.29, 0.717) is 6.42 Å². The molecule has 0 saturated carbocycles. The summed E-state index contributed by atoms with van der Waals surface area (Å²) < 4.78 is 2.03. The molecule has 0 amide bonds. The summed E-state index contributed by atoms with van der Waals surface area (Å²) in [6.45, 7) is 7.08. The lowest BCUT2D eigenvalue weighted by Gasteiger charge is -2.37. The third kappa shape index (κ3) is 2.64. The Morgan fingerprint density at radius 1 is 1.33 bits per heavy atom. The largest absolute Gasteiger partial charge is 0.335 e. The van der Waals surface area contributed by atoms with E-state index in [4.69, 9.17) is 0 Å². The van der Waals surface area contributed by atoms with Gasteiger partial charge in [-0.1, -0.05) is 13.8 Å². The number of aryl methyl sites for hydroxylation is 1. The van der Waals surface area contributed by atoms with Gasteiger partial charge in [-0.25, -0.2) is 4.98 Å². The highest BCUT2D eigenvalue weighted by atomic mass is 16.1. The summed E-state index contributed by atoms with van der Waals surface area (Å²) in [5, 5.41) is 0. The maximum atomic E-state index is 12.6. The predicted octanol–water partition coefficient (Wildman–Crippen LogP) is 2.13. The molecule has 0 fully saturated rings. The number of imidazole rings is 1. The van der Waals surface area contributed by atoms with Crippen molar-refractivity contribution in [3.8, 4) is 0 Å². The highest BCUT2D eigenvalue weighted by molar-refractivity contribution is 5.89. The molecule has 18 heavy (non-hydrogen) atoms. The van der Waals surface area contributed by atoms with Crippen molar-refractivity contribution in [3.05, 3.63) is 18.2 Å². The zero-order valence-electron chi connectivity index (χ0n) is 12.2. The van der Waals surface area contributed by atoms with Crippen molar-refractivity contribution in [2.45, 2.75) is 52.1 Å². The van der Waals surface area contributed by atoms with Crippen molar-refractivity contribution < 1.29 is 4.79 Å². The lowest BCUT2D eigenvalue weighted by molar-refractivity contribution is -0.129. The molecule has 4 heteroatoms. The standard InChI is InChI=1S/C14H25N3O/c1-6-14(7-2,16(4)5)12(18)11-13-15-9-10-17(13)8-3/h9-10H,6-8,11H2,1-5H3. The number of carbonyl (C=O) groups is 1. The quantitative estimate of drug-likeness (QED) is 0.745. The van der Waals surface area contributed by atoms with Gasteiger partial charge in [-0.15, -0.1) is 0 Å². The van der Waals surface area contributed by atoms with Crippen LogP contribution in [0, 0.1) is 0 Å². The molecule has 1 heterocycles. The second kappa shape index (κ2) is 6.14. The number of hydrogen-bond acceptors (Lipinski definition) is 3. The molecule has 4 nitrogen and oxygen atoms in total. The monoisotopic (exact) mass is 251 g/mol. The highest BCUT2D eigenvalue weighted by Crippen LogP contribution is 2.24. The highest BCUT2D eigenvalue weighted by Gasteiger charge is 2.37. The first-order valence-corrected chi connectivity index (χ1v) is 6.72. The molecule has 0 N–H and O–H groups in total. The normalized spacial score (nSPS) is 12.1. The molecule has 102 valence electrons. The van der Waals surface area contributed by atoms with Gasteiger partial charge in [0.2, 0.25) is 0 Å². The molecule has 1 aromatic heterocycles. The number of aromatic nitrogens is 2. The van der Waals surface area contributed by atoms with E-state index in [1.54, 1.807) is 6.20 Å². The number of Topliss-reactive ketones (excluding diaryl/α,β-unsaturated/α-hetero) is 1. The van der Waals surface area contributed by atoms with Crippen molar-refractivity contribution in [2.24, 2.45) is 0 Å².